The second kappa shape index (κ2) is 10.6. The zero-order chi connectivity index (χ0) is 21.4. The minimum Gasteiger partial charge on any atom is -0.403 e. The van der Waals surface area contributed by atoms with Gasteiger partial charge in [-0.1, -0.05) is 70.1 Å². The van der Waals surface area contributed by atoms with Crippen molar-refractivity contribution >= 4 is 18.4 Å². The fourth-order valence-corrected chi connectivity index (χ4v) is 4.37. The standard InChI is InChI=1S/C22H36O4SSi/c1-8-9-10-12-20(26-28(6,7)22(3,4)5)13-11-18-25-27(23,24)21-16-14-19(2)15-17-21/h14-17,20H,8-10,12,18H2,1-7H3/t20-/m0/s1. The maximum absolute atomic E-state index is 12.2. The van der Waals surface area contributed by atoms with Gasteiger partial charge in [-0.15, -0.1) is 0 Å². The van der Waals surface area contributed by atoms with Gasteiger partial charge in [0.05, 0.1) is 4.90 Å². The van der Waals surface area contributed by atoms with E-state index in [1.54, 1.807) is 24.3 Å². The summed E-state index contributed by atoms with van der Waals surface area (Å²) >= 11 is 0. The van der Waals surface area contributed by atoms with Gasteiger partial charge in [0.15, 0.2) is 8.32 Å². The number of benzene rings is 1. The first-order valence-electron chi connectivity index (χ1n) is 10.0. The third kappa shape index (κ3) is 8.08. The lowest BCUT2D eigenvalue weighted by atomic mass is 10.1. The molecular formula is C22H36O4SSi. The van der Waals surface area contributed by atoms with Gasteiger partial charge >= 0.3 is 0 Å². The van der Waals surface area contributed by atoms with Crippen LogP contribution in [0, 0.1) is 18.8 Å². The second-order valence-corrected chi connectivity index (χ2v) is 15.1. The average Bonchev–Trinajstić information content (AvgIpc) is 2.58. The van der Waals surface area contributed by atoms with Crippen molar-refractivity contribution < 1.29 is 17.0 Å². The number of rotatable bonds is 9. The van der Waals surface area contributed by atoms with Gasteiger partial charge < -0.3 is 4.43 Å². The molecule has 0 spiro atoms. The Morgan fingerprint density at radius 1 is 1.11 bits per heavy atom. The van der Waals surface area contributed by atoms with Crippen LogP contribution in [0.4, 0.5) is 0 Å². The third-order valence-corrected chi connectivity index (χ3v) is 10.9. The fourth-order valence-electron chi connectivity index (χ4n) is 2.31. The van der Waals surface area contributed by atoms with Crippen LogP contribution in [-0.2, 0) is 18.7 Å². The van der Waals surface area contributed by atoms with Crippen LogP contribution in [0.2, 0.25) is 18.1 Å². The molecule has 0 heterocycles. The highest BCUT2D eigenvalue weighted by Gasteiger charge is 2.38. The average molecular weight is 425 g/mol. The minimum absolute atomic E-state index is 0.100. The van der Waals surface area contributed by atoms with Crippen LogP contribution in [0.25, 0.3) is 0 Å². The number of hydrogen-bond donors (Lipinski definition) is 0. The lowest BCUT2D eigenvalue weighted by Crippen LogP contribution is -2.43. The largest absolute Gasteiger partial charge is 0.403 e. The summed E-state index contributed by atoms with van der Waals surface area (Å²) in [5.74, 6) is 5.98. The van der Waals surface area contributed by atoms with Gasteiger partial charge in [0.1, 0.15) is 12.7 Å². The summed E-state index contributed by atoms with van der Waals surface area (Å²) in [5.41, 5.74) is 0.997. The predicted molar refractivity (Wildman–Crippen MR) is 118 cm³/mol. The Kier molecular flexibility index (Phi) is 9.42. The van der Waals surface area contributed by atoms with Crippen LogP contribution < -0.4 is 0 Å². The summed E-state index contributed by atoms with van der Waals surface area (Å²) in [7, 11) is -5.73. The van der Waals surface area contributed by atoms with Crippen molar-refractivity contribution in [1.29, 1.82) is 0 Å². The van der Waals surface area contributed by atoms with E-state index >= 15 is 0 Å². The molecule has 0 radical (unpaired) electrons. The Morgan fingerprint density at radius 3 is 2.25 bits per heavy atom. The highest BCUT2D eigenvalue weighted by molar-refractivity contribution is 7.86. The van der Waals surface area contributed by atoms with Crippen LogP contribution >= 0.6 is 0 Å². The molecule has 0 unspecified atom stereocenters. The van der Waals surface area contributed by atoms with Gasteiger partial charge in [-0.3, -0.25) is 4.18 Å². The molecule has 0 saturated carbocycles. The smallest absolute Gasteiger partial charge is 0.297 e. The normalized spacial score (nSPS) is 13.7. The zero-order valence-corrected chi connectivity index (χ0v) is 20.3. The molecule has 0 aliphatic heterocycles. The van der Waals surface area contributed by atoms with Crippen LogP contribution in [-0.4, -0.2) is 29.4 Å². The molecule has 158 valence electrons. The van der Waals surface area contributed by atoms with Crippen molar-refractivity contribution in [3.63, 3.8) is 0 Å². The van der Waals surface area contributed by atoms with Crippen molar-refractivity contribution in [3.05, 3.63) is 29.8 Å². The first-order valence-corrected chi connectivity index (χ1v) is 14.3. The Morgan fingerprint density at radius 2 is 1.71 bits per heavy atom. The van der Waals surface area contributed by atoms with Gasteiger partial charge in [0.2, 0.25) is 0 Å². The summed E-state index contributed by atoms with van der Waals surface area (Å²) in [6, 6.07) is 6.59. The first kappa shape index (κ1) is 24.9. The molecule has 4 nitrogen and oxygen atoms in total. The highest BCUT2D eigenvalue weighted by Crippen LogP contribution is 2.37. The molecule has 0 bridgehead atoms. The predicted octanol–water partition coefficient (Wildman–Crippen LogP) is 5.67. The summed E-state index contributed by atoms with van der Waals surface area (Å²) < 4.78 is 36.0. The van der Waals surface area contributed by atoms with Crippen LogP contribution in [0.1, 0.15) is 58.9 Å². The third-order valence-electron chi connectivity index (χ3n) is 5.17. The van der Waals surface area contributed by atoms with Gasteiger partial charge in [-0.25, -0.2) is 0 Å². The molecule has 6 heteroatoms. The molecule has 0 aromatic heterocycles. The lowest BCUT2D eigenvalue weighted by molar-refractivity contribution is 0.219. The van der Waals surface area contributed by atoms with Crippen molar-refractivity contribution in [3.8, 4) is 11.8 Å². The van der Waals surface area contributed by atoms with E-state index in [4.69, 9.17) is 8.61 Å². The molecule has 1 aromatic rings. The first-order chi connectivity index (χ1) is 12.9. The van der Waals surface area contributed by atoms with Crippen molar-refractivity contribution in [1.82, 2.24) is 0 Å². The van der Waals surface area contributed by atoms with E-state index < -0.39 is 18.4 Å². The summed E-state index contributed by atoms with van der Waals surface area (Å²) in [5, 5.41) is 0.100. The van der Waals surface area contributed by atoms with E-state index in [1.807, 2.05) is 6.92 Å². The van der Waals surface area contributed by atoms with Gasteiger partial charge in [-0.2, -0.15) is 8.42 Å². The van der Waals surface area contributed by atoms with Crippen molar-refractivity contribution in [2.45, 2.75) is 89.4 Å². The second-order valence-electron chi connectivity index (χ2n) is 8.71. The molecule has 0 amide bonds. The molecule has 0 fully saturated rings. The molecule has 0 aliphatic carbocycles. The van der Waals surface area contributed by atoms with E-state index in [-0.39, 0.29) is 22.6 Å². The number of aryl methyl sites for hydroxylation is 1. The topological polar surface area (TPSA) is 52.6 Å². The maximum atomic E-state index is 12.2. The minimum atomic E-state index is -3.79. The van der Waals surface area contributed by atoms with E-state index in [2.05, 4.69) is 52.6 Å². The summed E-state index contributed by atoms with van der Waals surface area (Å²) in [6.45, 7) is 14.9. The van der Waals surface area contributed by atoms with Gasteiger partial charge in [0, 0.05) is 0 Å². The monoisotopic (exact) mass is 424 g/mol. The SMILES string of the molecule is CCCCC[C@@H](C#CCOS(=O)(=O)c1ccc(C)cc1)O[Si](C)(C)C(C)(C)C. The molecule has 0 aliphatic rings. The van der Waals surface area contributed by atoms with Gasteiger partial charge in [0.25, 0.3) is 10.1 Å². The van der Waals surface area contributed by atoms with Crippen LogP contribution in [0.3, 0.4) is 0 Å². The highest BCUT2D eigenvalue weighted by atomic mass is 32.2. The molecule has 1 aromatic carbocycles. The molecule has 0 N–H and O–H groups in total. The Bertz CT molecular complexity index is 765. The molecular weight excluding hydrogens is 388 g/mol. The Labute approximate surface area is 173 Å². The van der Waals surface area contributed by atoms with Crippen LogP contribution in [0.5, 0.6) is 0 Å². The van der Waals surface area contributed by atoms with Crippen molar-refractivity contribution in [2.75, 3.05) is 6.61 Å². The number of unbranched alkanes of at least 4 members (excludes halogenated alkanes) is 2. The van der Waals surface area contributed by atoms with E-state index in [0.717, 1.165) is 31.2 Å². The fraction of sp³-hybridized carbons (Fsp3) is 0.636. The van der Waals surface area contributed by atoms with E-state index in [1.165, 1.54) is 0 Å². The summed E-state index contributed by atoms with van der Waals surface area (Å²) in [4.78, 5) is 0.150. The van der Waals surface area contributed by atoms with E-state index in [9.17, 15) is 8.42 Å². The Hall–Kier alpha value is -1.13. The molecule has 1 atom stereocenters. The summed E-state index contributed by atoms with van der Waals surface area (Å²) in [6.07, 6.45) is 4.00. The molecule has 28 heavy (non-hydrogen) atoms. The molecule has 0 saturated heterocycles. The van der Waals surface area contributed by atoms with Crippen LogP contribution in [0.15, 0.2) is 29.2 Å². The molecule has 1 rings (SSSR count). The van der Waals surface area contributed by atoms with Crippen molar-refractivity contribution in [2.24, 2.45) is 0 Å². The Balaban J connectivity index is 2.78. The number of hydrogen-bond acceptors (Lipinski definition) is 4. The maximum Gasteiger partial charge on any atom is 0.297 e. The lowest BCUT2D eigenvalue weighted by Gasteiger charge is -2.38. The quantitative estimate of drug-likeness (QED) is 0.222. The van der Waals surface area contributed by atoms with E-state index in [0.29, 0.717) is 0 Å². The van der Waals surface area contributed by atoms with Gasteiger partial charge in [-0.05, 0) is 50.0 Å². The zero-order valence-electron chi connectivity index (χ0n) is 18.5.